The van der Waals surface area contributed by atoms with Crippen LogP contribution in [0.15, 0.2) is 36.4 Å². The van der Waals surface area contributed by atoms with E-state index in [-0.39, 0.29) is 6.42 Å². The predicted molar refractivity (Wildman–Crippen MR) is 128 cm³/mol. The van der Waals surface area contributed by atoms with Crippen molar-refractivity contribution in [2.75, 3.05) is 11.9 Å². The number of hydrogen-bond donors (Lipinski definition) is 1. The Morgan fingerprint density at radius 1 is 1.05 bits per heavy atom. The van der Waals surface area contributed by atoms with Gasteiger partial charge < -0.3 is 10.1 Å². The molecule has 3 aromatic rings. The van der Waals surface area contributed by atoms with E-state index in [1.807, 2.05) is 6.07 Å². The molecule has 1 unspecified atom stereocenters. The van der Waals surface area contributed by atoms with Gasteiger partial charge in [0, 0.05) is 31.0 Å². The number of halogens is 4. The zero-order valence-electron chi connectivity index (χ0n) is 19.7. The summed E-state index contributed by atoms with van der Waals surface area (Å²) in [4.78, 5) is 27.8. The maximum absolute atomic E-state index is 13.4. The van der Waals surface area contributed by atoms with E-state index in [4.69, 9.17) is 0 Å². The van der Waals surface area contributed by atoms with Crippen LogP contribution >= 0.6 is 11.3 Å². The topological polar surface area (TPSA) is 94.1 Å². The number of nitrogens with zero attached hydrogens (tertiary/aromatic N) is 3. The smallest absolute Gasteiger partial charge is 0.386 e. The molecule has 1 atom stereocenters. The molecule has 1 N–H and O–H groups in total. The van der Waals surface area contributed by atoms with Crippen LogP contribution in [0, 0.1) is 5.82 Å². The number of aromatic nitrogens is 3. The van der Waals surface area contributed by atoms with Crippen LogP contribution in [0.1, 0.15) is 52.0 Å². The number of benzene rings is 1. The summed E-state index contributed by atoms with van der Waals surface area (Å²) in [5.74, 6) is -4.13. The number of carbonyl (C=O) groups is 2. The molecule has 12 heteroatoms. The molecule has 0 radical (unpaired) electrons. The summed E-state index contributed by atoms with van der Waals surface area (Å²) < 4.78 is 54.7. The highest BCUT2D eigenvalue weighted by atomic mass is 32.1. The first kappa shape index (κ1) is 26.6. The second-order valence-electron chi connectivity index (χ2n) is 8.70. The van der Waals surface area contributed by atoms with Crippen molar-refractivity contribution in [1.29, 1.82) is 0 Å². The van der Waals surface area contributed by atoms with E-state index in [0.717, 1.165) is 48.7 Å². The third-order valence-electron chi connectivity index (χ3n) is 5.90. The lowest BCUT2D eigenvalue weighted by Crippen LogP contribution is -2.28. The molecule has 0 amide bonds. The number of carbonyl (C=O) groups excluding carboxylic acids is 2. The first-order valence-corrected chi connectivity index (χ1v) is 12.6. The molecule has 3 heterocycles. The molecule has 2 aromatic heterocycles. The molecule has 0 saturated carbocycles. The largest absolute Gasteiger partial charge is 0.491 e. The Morgan fingerprint density at radius 2 is 1.81 bits per heavy atom. The first-order valence-electron chi connectivity index (χ1n) is 11.8. The molecule has 1 aliphatic heterocycles. The third-order valence-corrected chi connectivity index (χ3v) is 6.90. The summed E-state index contributed by atoms with van der Waals surface area (Å²) in [6.07, 6.45) is -1.28. The van der Waals surface area contributed by atoms with E-state index < -0.39 is 36.3 Å². The van der Waals surface area contributed by atoms with Crippen molar-refractivity contribution in [3.05, 3.63) is 69.1 Å². The van der Waals surface area contributed by atoms with Crippen molar-refractivity contribution < 1.29 is 31.9 Å². The molecule has 1 aliphatic rings. The van der Waals surface area contributed by atoms with Gasteiger partial charge in [-0.2, -0.15) is 13.2 Å². The molecule has 7 nitrogen and oxygen atoms in total. The number of pyridine rings is 1. The molecule has 37 heavy (non-hydrogen) atoms. The van der Waals surface area contributed by atoms with Crippen LogP contribution in [0.4, 0.5) is 23.4 Å². The van der Waals surface area contributed by atoms with Crippen LogP contribution < -0.4 is 5.32 Å². The second-order valence-corrected chi connectivity index (χ2v) is 9.85. The number of rotatable bonds is 9. The minimum absolute atomic E-state index is 0.163. The first-order chi connectivity index (χ1) is 17.7. The fourth-order valence-corrected chi connectivity index (χ4v) is 5.02. The summed E-state index contributed by atoms with van der Waals surface area (Å²) >= 11 is 1.33. The maximum Gasteiger partial charge on any atom is 0.491 e. The number of fused-ring (bicyclic) bond motifs is 1. The number of alkyl halides is 3. The average molecular weight is 537 g/mol. The van der Waals surface area contributed by atoms with Crippen LogP contribution in [0.25, 0.3) is 0 Å². The monoisotopic (exact) mass is 536 g/mol. The van der Waals surface area contributed by atoms with Crippen LogP contribution in [0.3, 0.4) is 0 Å². The molecule has 1 aromatic carbocycles. The van der Waals surface area contributed by atoms with Crippen molar-refractivity contribution in [2.45, 2.75) is 57.0 Å². The van der Waals surface area contributed by atoms with Crippen molar-refractivity contribution in [3.63, 3.8) is 0 Å². The van der Waals surface area contributed by atoms with Gasteiger partial charge in [-0.05, 0) is 55.0 Å². The predicted octanol–water partition coefficient (Wildman–Crippen LogP) is 4.95. The molecular formula is C25H24F4N4O3S. The molecule has 196 valence electrons. The van der Waals surface area contributed by atoms with Crippen molar-refractivity contribution >= 4 is 29.1 Å². The van der Waals surface area contributed by atoms with Gasteiger partial charge in [0.1, 0.15) is 21.7 Å². The third kappa shape index (κ3) is 7.54. The number of hydrogen-bond acceptors (Lipinski definition) is 8. The molecule has 0 bridgehead atoms. The quantitative estimate of drug-likeness (QED) is 0.235. The van der Waals surface area contributed by atoms with Crippen molar-refractivity contribution in [3.8, 4) is 0 Å². The lowest BCUT2D eigenvalue weighted by molar-refractivity contribution is -0.202. The Morgan fingerprint density at radius 3 is 2.57 bits per heavy atom. The molecule has 0 fully saturated rings. The van der Waals surface area contributed by atoms with Gasteiger partial charge in [0.2, 0.25) is 0 Å². The molecule has 0 spiro atoms. The summed E-state index contributed by atoms with van der Waals surface area (Å²) in [7, 11) is 0. The highest BCUT2D eigenvalue weighted by Gasteiger charge is 2.42. The second kappa shape index (κ2) is 11.8. The van der Waals surface area contributed by atoms with Crippen LogP contribution in [-0.4, -0.2) is 39.8 Å². The van der Waals surface area contributed by atoms with Crippen molar-refractivity contribution in [1.82, 2.24) is 15.2 Å². The van der Waals surface area contributed by atoms with E-state index in [2.05, 4.69) is 31.3 Å². The Balaban J connectivity index is 1.36. The Kier molecular flexibility index (Phi) is 8.47. The minimum atomic E-state index is -5.28. The fourth-order valence-electron chi connectivity index (χ4n) is 4.06. The Bertz CT molecular complexity index is 1250. The molecule has 4 rings (SSSR count). The number of nitrogens with one attached hydrogen (secondary N) is 1. The van der Waals surface area contributed by atoms with Gasteiger partial charge in [0.15, 0.2) is 0 Å². The van der Waals surface area contributed by atoms with Gasteiger partial charge in [-0.25, -0.2) is 14.2 Å². The van der Waals surface area contributed by atoms with Gasteiger partial charge in [-0.3, -0.25) is 4.79 Å². The Hall–Kier alpha value is -3.41. The maximum atomic E-state index is 13.4. The molecule has 0 aliphatic carbocycles. The van der Waals surface area contributed by atoms with E-state index in [9.17, 15) is 27.2 Å². The highest BCUT2D eigenvalue weighted by Crippen LogP contribution is 2.28. The molecule has 0 saturated heterocycles. The van der Waals surface area contributed by atoms with Crippen molar-refractivity contribution in [2.24, 2.45) is 0 Å². The fraction of sp³-hybridized carbons (Fsp3) is 0.400. The van der Waals surface area contributed by atoms with E-state index in [1.54, 1.807) is 0 Å². The standard InChI is InChI=1S/C25H24F4N4O3S/c26-18-9-6-15(7-10-18)17(14-22(34)36-24(35)25(27,28)29)13-21-33-32-20(37-21)5-1-4-19-11-8-16-3-2-12-30-23(16)31-19/h6-11,17H,1-5,12-14H2,(H,30,31). The average Bonchev–Trinajstić information content (AvgIpc) is 3.30. The number of ether oxygens (including phenoxy) is 1. The lowest BCUT2D eigenvalue weighted by atomic mass is 9.93. The van der Waals surface area contributed by atoms with Gasteiger partial charge in [0.05, 0.1) is 6.42 Å². The SMILES string of the molecule is O=C(CC(Cc1nnc(CCCc2ccc3c(n2)NCCC3)s1)c1ccc(F)cc1)OC(=O)C(F)(F)F. The van der Waals surface area contributed by atoms with Gasteiger partial charge >= 0.3 is 18.1 Å². The van der Waals surface area contributed by atoms with Crippen LogP contribution in [0.5, 0.6) is 0 Å². The van der Waals surface area contributed by atoms with E-state index in [0.29, 0.717) is 17.0 Å². The normalized spacial score (nSPS) is 13.9. The summed E-state index contributed by atoms with van der Waals surface area (Å²) in [5.41, 5.74) is 2.72. The zero-order valence-corrected chi connectivity index (χ0v) is 20.5. The van der Waals surface area contributed by atoms with Crippen LogP contribution in [-0.2, 0) is 40.0 Å². The van der Waals surface area contributed by atoms with Crippen LogP contribution in [0.2, 0.25) is 0 Å². The summed E-state index contributed by atoms with van der Waals surface area (Å²) in [5, 5.41) is 13.0. The Labute approximate surface area is 214 Å². The molecular weight excluding hydrogens is 512 g/mol. The summed E-state index contributed by atoms with van der Waals surface area (Å²) in [6.45, 7) is 0.923. The highest BCUT2D eigenvalue weighted by molar-refractivity contribution is 7.11. The lowest BCUT2D eigenvalue weighted by Gasteiger charge is -2.17. The number of aryl methyl sites for hydroxylation is 3. The van der Waals surface area contributed by atoms with E-state index in [1.165, 1.54) is 41.2 Å². The number of anilines is 1. The van der Waals surface area contributed by atoms with Gasteiger partial charge in [0.25, 0.3) is 0 Å². The van der Waals surface area contributed by atoms with Gasteiger partial charge in [-0.1, -0.05) is 18.2 Å². The number of esters is 2. The van der Waals surface area contributed by atoms with E-state index >= 15 is 0 Å². The summed E-state index contributed by atoms with van der Waals surface area (Å²) in [6, 6.07) is 9.38. The zero-order chi connectivity index (χ0) is 26.4. The van der Waals surface area contributed by atoms with Gasteiger partial charge in [-0.15, -0.1) is 21.5 Å². The minimum Gasteiger partial charge on any atom is -0.386 e.